The monoisotopic (exact) mass is 279 g/mol. The number of carbonyl (C=O) groups excluding carboxylic acids is 1. The van der Waals surface area contributed by atoms with Crippen molar-refractivity contribution < 1.29 is 9.18 Å². The van der Waals surface area contributed by atoms with Crippen LogP contribution >= 0.6 is 0 Å². The van der Waals surface area contributed by atoms with Gasteiger partial charge in [0.15, 0.2) is 0 Å². The number of rotatable bonds is 7. The molecule has 110 valence electrons. The number of benzene rings is 1. The standard InChI is InChI=1S/C15H22FN3O/c16-15(6-10-19(13-20)11-7-15)12-17-8-9-18-14-4-2-1-3-5-14/h1-5,13,17-18H,6-12H2. The zero-order valence-electron chi connectivity index (χ0n) is 11.6. The van der Waals surface area contributed by atoms with Gasteiger partial charge in [0.2, 0.25) is 6.41 Å². The molecule has 0 saturated carbocycles. The van der Waals surface area contributed by atoms with Crippen molar-refractivity contribution in [2.45, 2.75) is 18.5 Å². The lowest BCUT2D eigenvalue weighted by atomic mass is 9.93. The number of para-hydroxylation sites is 1. The Kier molecular flexibility index (Phi) is 5.35. The molecule has 0 aliphatic carbocycles. The van der Waals surface area contributed by atoms with Crippen LogP contribution in [0.2, 0.25) is 0 Å². The van der Waals surface area contributed by atoms with Crippen LogP contribution in [0.4, 0.5) is 10.1 Å². The van der Waals surface area contributed by atoms with Crippen LogP contribution in [0.25, 0.3) is 0 Å². The zero-order chi connectivity index (χ0) is 14.3. The first-order chi connectivity index (χ1) is 9.72. The van der Waals surface area contributed by atoms with E-state index in [1.54, 1.807) is 4.90 Å². The molecule has 1 aromatic rings. The number of piperidine rings is 1. The van der Waals surface area contributed by atoms with Crippen LogP contribution in [0.3, 0.4) is 0 Å². The second kappa shape index (κ2) is 7.24. The van der Waals surface area contributed by atoms with Gasteiger partial charge in [-0.2, -0.15) is 0 Å². The fraction of sp³-hybridized carbons (Fsp3) is 0.533. The van der Waals surface area contributed by atoms with Crippen molar-refractivity contribution in [3.63, 3.8) is 0 Å². The minimum atomic E-state index is -1.17. The summed E-state index contributed by atoms with van der Waals surface area (Å²) in [6, 6.07) is 9.94. The lowest BCUT2D eigenvalue weighted by Crippen LogP contribution is -2.47. The minimum Gasteiger partial charge on any atom is -0.384 e. The molecule has 2 rings (SSSR count). The van der Waals surface area contributed by atoms with E-state index in [4.69, 9.17) is 0 Å². The quantitative estimate of drug-likeness (QED) is 0.589. The van der Waals surface area contributed by atoms with Crippen LogP contribution in [0, 0.1) is 0 Å². The molecule has 1 fully saturated rings. The molecule has 1 amide bonds. The van der Waals surface area contributed by atoms with Crippen molar-refractivity contribution in [1.82, 2.24) is 10.2 Å². The smallest absolute Gasteiger partial charge is 0.209 e. The number of amides is 1. The number of nitrogens with zero attached hydrogens (tertiary/aromatic N) is 1. The second-order valence-corrected chi connectivity index (χ2v) is 5.26. The normalized spacial score (nSPS) is 17.8. The summed E-state index contributed by atoms with van der Waals surface area (Å²) in [5.74, 6) is 0. The highest BCUT2D eigenvalue weighted by Gasteiger charge is 2.33. The molecule has 2 N–H and O–H groups in total. The largest absolute Gasteiger partial charge is 0.384 e. The Hall–Kier alpha value is -1.62. The fourth-order valence-electron chi connectivity index (χ4n) is 2.37. The highest BCUT2D eigenvalue weighted by molar-refractivity contribution is 5.47. The minimum absolute atomic E-state index is 0.357. The molecule has 1 aliphatic heterocycles. The second-order valence-electron chi connectivity index (χ2n) is 5.26. The van der Waals surface area contributed by atoms with Crippen molar-refractivity contribution in [2.75, 3.05) is 38.0 Å². The van der Waals surface area contributed by atoms with Gasteiger partial charge in [-0.3, -0.25) is 4.79 Å². The van der Waals surface area contributed by atoms with E-state index in [-0.39, 0.29) is 0 Å². The third-order valence-corrected chi connectivity index (χ3v) is 3.69. The van der Waals surface area contributed by atoms with Gasteiger partial charge in [0, 0.05) is 51.3 Å². The van der Waals surface area contributed by atoms with E-state index in [0.717, 1.165) is 25.2 Å². The molecule has 5 heteroatoms. The van der Waals surface area contributed by atoms with E-state index in [0.29, 0.717) is 32.5 Å². The van der Waals surface area contributed by atoms with Gasteiger partial charge < -0.3 is 15.5 Å². The predicted octanol–water partition coefficient (Wildman–Crippen LogP) is 1.65. The number of hydrogen-bond donors (Lipinski definition) is 2. The number of halogens is 1. The average Bonchev–Trinajstić information content (AvgIpc) is 2.49. The van der Waals surface area contributed by atoms with Gasteiger partial charge in [-0.1, -0.05) is 18.2 Å². The van der Waals surface area contributed by atoms with Crippen LogP contribution < -0.4 is 10.6 Å². The summed E-state index contributed by atoms with van der Waals surface area (Å²) in [6.07, 6.45) is 1.65. The number of likely N-dealkylation sites (tertiary alicyclic amines) is 1. The molecule has 1 heterocycles. The van der Waals surface area contributed by atoms with Crippen molar-refractivity contribution in [3.05, 3.63) is 30.3 Å². The lowest BCUT2D eigenvalue weighted by molar-refractivity contribution is -0.120. The van der Waals surface area contributed by atoms with E-state index in [2.05, 4.69) is 10.6 Å². The van der Waals surface area contributed by atoms with Crippen molar-refractivity contribution in [3.8, 4) is 0 Å². The van der Waals surface area contributed by atoms with Crippen molar-refractivity contribution >= 4 is 12.1 Å². The summed E-state index contributed by atoms with van der Waals surface area (Å²) in [5.41, 5.74) is -0.102. The summed E-state index contributed by atoms with van der Waals surface area (Å²) in [7, 11) is 0. The summed E-state index contributed by atoms with van der Waals surface area (Å²) in [5, 5.41) is 6.43. The van der Waals surface area contributed by atoms with Gasteiger partial charge >= 0.3 is 0 Å². The Bertz CT molecular complexity index is 405. The number of nitrogens with one attached hydrogen (secondary N) is 2. The van der Waals surface area contributed by atoms with E-state index in [9.17, 15) is 9.18 Å². The first kappa shape index (κ1) is 14.8. The van der Waals surface area contributed by atoms with Crippen LogP contribution in [-0.4, -0.2) is 49.7 Å². The molecular formula is C15H22FN3O. The van der Waals surface area contributed by atoms with Crippen LogP contribution in [0.15, 0.2) is 30.3 Å². The summed E-state index contributed by atoms with van der Waals surface area (Å²) in [6.45, 7) is 2.88. The molecular weight excluding hydrogens is 257 g/mol. The summed E-state index contributed by atoms with van der Waals surface area (Å²) >= 11 is 0. The first-order valence-corrected chi connectivity index (χ1v) is 7.10. The molecule has 0 bridgehead atoms. The molecule has 0 radical (unpaired) electrons. The predicted molar refractivity (Wildman–Crippen MR) is 78.5 cm³/mol. The Morgan fingerprint density at radius 2 is 1.90 bits per heavy atom. The summed E-state index contributed by atoms with van der Waals surface area (Å²) < 4.78 is 14.4. The fourth-order valence-corrected chi connectivity index (χ4v) is 2.37. The molecule has 4 nitrogen and oxygen atoms in total. The van der Waals surface area contributed by atoms with Crippen LogP contribution in [0.5, 0.6) is 0 Å². The van der Waals surface area contributed by atoms with Gasteiger partial charge in [0.25, 0.3) is 0 Å². The van der Waals surface area contributed by atoms with Crippen LogP contribution in [0.1, 0.15) is 12.8 Å². The maximum atomic E-state index is 14.4. The third kappa shape index (κ3) is 4.49. The van der Waals surface area contributed by atoms with Gasteiger partial charge in [0.1, 0.15) is 5.67 Å². The lowest BCUT2D eigenvalue weighted by Gasteiger charge is -2.34. The van der Waals surface area contributed by atoms with Crippen molar-refractivity contribution in [2.24, 2.45) is 0 Å². The molecule has 20 heavy (non-hydrogen) atoms. The van der Waals surface area contributed by atoms with E-state index < -0.39 is 5.67 Å². The zero-order valence-corrected chi connectivity index (χ0v) is 11.6. The maximum Gasteiger partial charge on any atom is 0.209 e. The van der Waals surface area contributed by atoms with Gasteiger partial charge in [-0.25, -0.2) is 4.39 Å². The van der Waals surface area contributed by atoms with Gasteiger partial charge in [-0.05, 0) is 12.1 Å². The molecule has 1 aliphatic rings. The number of carbonyl (C=O) groups is 1. The van der Waals surface area contributed by atoms with E-state index in [1.165, 1.54) is 0 Å². The average molecular weight is 279 g/mol. The molecule has 1 aromatic carbocycles. The van der Waals surface area contributed by atoms with Gasteiger partial charge in [0.05, 0.1) is 0 Å². The SMILES string of the molecule is O=CN1CCC(F)(CNCCNc2ccccc2)CC1. The van der Waals surface area contributed by atoms with E-state index >= 15 is 0 Å². The number of alkyl halides is 1. The molecule has 0 unspecified atom stereocenters. The highest BCUT2D eigenvalue weighted by Crippen LogP contribution is 2.24. The molecule has 0 atom stereocenters. The molecule has 0 spiro atoms. The topological polar surface area (TPSA) is 44.4 Å². The Balaban J connectivity index is 1.60. The molecule has 0 aromatic heterocycles. The maximum absolute atomic E-state index is 14.4. The Labute approximate surface area is 119 Å². The first-order valence-electron chi connectivity index (χ1n) is 7.10. The third-order valence-electron chi connectivity index (χ3n) is 3.69. The number of hydrogen-bond acceptors (Lipinski definition) is 3. The van der Waals surface area contributed by atoms with Crippen LogP contribution in [-0.2, 0) is 4.79 Å². The Morgan fingerprint density at radius 3 is 2.55 bits per heavy atom. The van der Waals surface area contributed by atoms with Gasteiger partial charge in [-0.15, -0.1) is 0 Å². The molecule has 1 saturated heterocycles. The number of anilines is 1. The van der Waals surface area contributed by atoms with Crippen molar-refractivity contribution in [1.29, 1.82) is 0 Å². The Morgan fingerprint density at radius 1 is 1.20 bits per heavy atom. The summed E-state index contributed by atoms with van der Waals surface area (Å²) in [4.78, 5) is 12.2. The van der Waals surface area contributed by atoms with E-state index in [1.807, 2.05) is 30.3 Å². The highest BCUT2D eigenvalue weighted by atomic mass is 19.1.